The summed E-state index contributed by atoms with van der Waals surface area (Å²) in [5, 5.41) is 0. The van der Waals surface area contributed by atoms with Gasteiger partial charge >= 0.3 is 0 Å². The maximum atomic E-state index is 3.23. The summed E-state index contributed by atoms with van der Waals surface area (Å²) in [6.07, 6.45) is 24.5. The van der Waals surface area contributed by atoms with E-state index in [4.69, 9.17) is 0 Å². The molecule has 0 aromatic carbocycles. The Kier molecular flexibility index (Phi) is 29.5. The summed E-state index contributed by atoms with van der Waals surface area (Å²) in [5.41, 5.74) is 0. The summed E-state index contributed by atoms with van der Waals surface area (Å²) >= 11 is 0. The molecule has 0 heterocycles. The van der Waals surface area contributed by atoms with Gasteiger partial charge in [-0.3, -0.25) is 0 Å². The van der Waals surface area contributed by atoms with E-state index in [0.29, 0.717) is 0 Å². The number of hydrogen-bond acceptors (Lipinski definition) is 0. The van der Waals surface area contributed by atoms with Crippen LogP contribution in [-0.2, 0) is 0 Å². The van der Waals surface area contributed by atoms with E-state index in [9.17, 15) is 0 Å². The fourth-order valence-corrected chi connectivity index (χ4v) is 2.66. The lowest BCUT2D eigenvalue weighted by atomic mass is 10.1. The molecule has 0 unspecified atom stereocenters. The fourth-order valence-electron chi connectivity index (χ4n) is 2.66. The summed E-state index contributed by atoms with van der Waals surface area (Å²) in [6, 6.07) is 0. The van der Waals surface area contributed by atoms with Crippen LogP contribution < -0.4 is 0 Å². The van der Waals surface area contributed by atoms with Gasteiger partial charge in [0.05, 0.1) is 0 Å². The zero-order valence-electron chi connectivity index (χ0n) is 17.7. The van der Waals surface area contributed by atoms with Crippen molar-refractivity contribution >= 4 is 0 Å². The lowest BCUT2D eigenvalue weighted by Gasteiger charge is -1.99. The molecule has 0 aromatic heterocycles. The third kappa shape index (κ3) is 29.6. The largest absolute Gasteiger partial charge is 0.103 e. The van der Waals surface area contributed by atoms with Gasteiger partial charge in [-0.25, -0.2) is 0 Å². The Hall–Kier alpha value is -0.440. The van der Waals surface area contributed by atoms with Crippen molar-refractivity contribution in [2.45, 2.75) is 143 Å². The van der Waals surface area contributed by atoms with Crippen LogP contribution >= 0.6 is 0 Å². The summed E-state index contributed by atoms with van der Waals surface area (Å²) in [6.45, 7) is 9.02. The van der Waals surface area contributed by atoms with Crippen LogP contribution in [0.1, 0.15) is 143 Å². The smallest absolute Gasteiger partial charge is 0.00886 e. The van der Waals surface area contributed by atoms with Crippen LogP contribution in [0.2, 0.25) is 0 Å². The van der Waals surface area contributed by atoms with Gasteiger partial charge in [0.15, 0.2) is 0 Å². The molecule has 0 spiro atoms. The van der Waals surface area contributed by atoms with E-state index in [1.807, 2.05) is 0 Å². The fraction of sp³-hybridized carbons (Fsp3) is 0.917. The topological polar surface area (TPSA) is 0 Å². The van der Waals surface area contributed by atoms with E-state index in [0.717, 1.165) is 12.8 Å². The molecule has 0 nitrogen and oxygen atoms in total. The molecule has 0 aliphatic heterocycles. The third-order valence-electron chi connectivity index (χ3n) is 4.39. The molecule has 0 heteroatoms. The van der Waals surface area contributed by atoms with Crippen molar-refractivity contribution in [3.63, 3.8) is 0 Å². The molecular formula is C24H48. The van der Waals surface area contributed by atoms with E-state index >= 15 is 0 Å². The normalized spacial score (nSPS) is 9.83. The van der Waals surface area contributed by atoms with Crippen molar-refractivity contribution in [1.29, 1.82) is 0 Å². The summed E-state index contributed by atoms with van der Waals surface area (Å²) in [5.74, 6) is 6.46. The number of hydrogen-bond donors (Lipinski definition) is 0. The second kappa shape index (κ2) is 27.4. The van der Waals surface area contributed by atoms with Crippen LogP contribution in [0.15, 0.2) is 0 Å². The maximum absolute atomic E-state index is 3.23. The van der Waals surface area contributed by atoms with E-state index < -0.39 is 0 Å². The highest BCUT2D eigenvalue weighted by atomic mass is 14.0. The standard InChI is InChI=1S/C12H26.C12H22/c2*1-3-5-7-9-11-12-10-8-6-4-2/h3-12H2,1-2H3;3-10H2,1-2H3. The molecule has 0 saturated carbocycles. The Morgan fingerprint density at radius 3 is 0.875 bits per heavy atom. The van der Waals surface area contributed by atoms with Crippen LogP contribution in [0.25, 0.3) is 0 Å². The van der Waals surface area contributed by atoms with Crippen LogP contribution in [0, 0.1) is 11.8 Å². The van der Waals surface area contributed by atoms with Gasteiger partial charge in [0.1, 0.15) is 0 Å². The second-order valence-corrected chi connectivity index (χ2v) is 7.10. The van der Waals surface area contributed by atoms with Crippen molar-refractivity contribution in [3.8, 4) is 11.8 Å². The molecule has 0 fully saturated rings. The van der Waals surface area contributed by atoms with Gasteiger partial charge in [-0.05, 0) is 12.8 Å². The van der Waals surface area contributed by atoms with Crippen molar-refractivity contribution in [2.24, 2.45) is 0 Å². The van der Waals surface area contributed by atoms with Crippen LogP contribution in [-0.4, -0.2) is 0 Å². The van der Waals surface area contributed by atoms with Crippen molar-refractivity contribution in [2.75, 3.05) is 0 Å². The molecule has 0 radical (unpaired) electrons. The minimum absolute atomic E-state index is 1.11. The minimum atomic E-state index is 1.11. The van der Waals surface area contributed by atoms with E-state index in [-0.39, 0.29) is 0 Å². The van der Waals surface area contributed by atoms with Crippen LogP contribution in [0.5, 0.6) is 0 Å². The monoisotopic (exact) mass is 336 g/mol. The third-order valence-corrected chi connectivity index (χ3v) is 4.39. The van der Waals surface area contributed by atoms with E-state index in [1.54, 1.807) is 0 Å². The maximum Gasteiger partial charge on any atom is 0.00886 e. The molecule has 0 aromatic rings. The Labute approximate surface area is 155 Å². The summed E-state index contributed by atoms with van der Waals surface area (Å²) < 4.78 is 0. The highest BCUT2D eigenvalue weighted by molar-refractivity contribution is 4.98. The Bertz CT molecular complexity index is 218. The average molecular weight is 337 g/mol. The quantitative estimate of drug-likeness (QED) is 0.206. The van der Waals surface area contributed by atoms with Crippen LogP contribution in [0.4, 0.5) is 0 Å². The van der Waals surface area contributed by atoms with Crippen LogP contribution in [0.3, 0.4) is 0 Å². The first-order valence-corrected chi connectivity index (χ1v) is 11.3. The molecule has 144 valence electrons. The van der Waals surface area contributed by atoms with Gasteiger partial charge in [0.25, 0.3) is 0 Å². The minimum Gasteiger partial charge on any atom is -0.103 e. The molecule has 24 heavy (non-hydrogen) atoms. The molecule has 0 aliphatic rings. The molecule has 0 aliphatic carbocycles. The van der Waals surface area contributed by atoms with Gasteiger partial charge < -0.3 is 0 Å². The first-order chi connectivity index (χ1) is 11.8. The molecule has 0 rings (SSSR count). The highest BCUT2D eigenvalue weighted by Crippen LogP contribution is 2.09. The zero-order chi connectivity index (χ0) is 18.1. The molecule has 0 saturated heterocycles. The van der Waals surface area contributed by atoms with Gasteiger partial charge in [-0.1, -0.05) is 118 Å². The second-order valence-electron chi connectivity index (χ2n) is 7.10. The SMILES string of the molecule is CCCCCC#CCCCCC.CCCCCCCCCCCC. The molecule has 0 amide bonds. The first kappa shape index (κ1) is 25.8. The highest BCUT2D eigenvalue weighted by Gasteiger charge is 1.90. The molecule has 0 N–H and O–H groups in total. The molecular weight excluding hydrogens is 288 g/mol. The Balaban J connectivity index is 0. The van der Waals surface area contributed by atoms with E-state index in [2.05, 4.69) is 39.5 Å². The summed E-state index contributed by atoms with van der Waals surface area (Å²) in [4.78, 5) is 0. The zero-order valence-corrected chi connectivity index (χ0v) is 17.7. The molecule has 0 atom stereocenters. The van der Waals surface area contributed by atoms with Gasteiger partial charge in [-0.15, -0.1) is 11.8 Å². The molecule has 0 bridgehead atoms. The lowest BCUT2D eigenvalue weighted by molar-refractivity contribution is 0.562. The van der Waals surface area contributed by atoms with Crippen molar-refractivity contribution in [1.82, 2.24) is 0 Å². The van der Waals surface area contributed by atoms with E-state index in [1.165, 1.54) is 103 Å². The summed E-state index contributed by atoms with van der Waals surface area (Å²) in [7, 11) is 0. The predicted molar refractivity (Wildman–Crippen MR) is 114 cm³/mol. The number of rotatable bonds is 15. The van der Waals surface area contributed by atoms with Gasteiger partial charge in [0, 0.05) is 12.8 Å². The number of unbranched alkanes of at least 4 members (excludes halogenated alkanes) is 15. The van der Waals surface area contributed by atoms with Gasteiger partial charge in [-0.2, -0.15) is 0 Å². The van der Waals surface area contributed by atoms with Crippen molar-refractivity contribution in [3.05, 3.63) is 0 Å². The Morgan fingerprint density at radius 2 is 0.583 bits per heavy atom. The van der Waals surface area contributed by atoms with Crippen molar-refractivity contribution < 1.29 is 0 Å². The van der Waals surface area contributed by atoms with Gasteiger partial charge in [0.2, 0.25) is 0 Å². The Morgan fingerprint density at radius 1 is 0.333 bits per heavy atom. The first-order valence-electron chi connectivity index (χ1n) is 11.3. The lowest BCUT2D eigenvalue weighted by Crippen LogP contribution is -1.80. The predicted octanol–water partition coefficient (Wildman–Crippen LogP) is 9.08. The average Bonchev–Trinajstić information content (AvgIpc) is 2.60.